The second kappa shape index (κ2) is 16.7. The predicted octanol–water partition coefficient (Wildman–Crippen LogP) is 6.68. The molecular formula is C37H47Br2N5O3. The maximum Gasteiger partial charge on any atom is 0.319 e. The third-order valence-electron chi connectivity index (χ3n) is 9.74. The lowest BCUT2D eigenvalue weighted by Gasteiger charge is -2.35. The van der Waals surface area contributed by atoms with Gasteiger partial charge in [0.1, 0.15) is 5.41 Å². The molecule has 0 unspecified atom stereocenters. The quantitative estimate of drug-likeness (QED) is 0.188. The Morgan fingerprint density at radius 1 is 0.617 bits per heavy atom. The van der Waals surface area contributed by atoms with Gasteiger partial charge in [-0.05, 0) is 71.5 Å². The van der Waals surface area contributed by atoms with Gasteiger partial charge in [-0.1, -0.05) is 76.0 Å². The maximum absolute atomic E-state index is 13.4. The molecule has 1 amide bonds. The number of rotatable bonds is 13. The highest BCUT2D eigenvalue weighted by atomic mass is 79.9. The van der Waals surface area contributed by atoms with E-state index in [1.165, 1.54) is 11.1 Å². The van der Waals surface area contributed by atoms with Crippen LogP contribution in [0.1, 0.15) is 48.9 Å². The van der Waals surface area contributed by atoms with Gasteiger partial charge in [-0.3, -0.25) is 29.2 Å². The van der Waals surface area contributed by atoms with E-state index in [-0.39, 0.29) is 12.8 Å². The van der Waals surface area contributed by atoms with Gasteiger partial charge in [0, 0.05) is 93.2 Å². The van der Waals surface area contributed by atoms with Crippen molar-refractivity contribution in [2.75, 3.05) is 57.7 Å². The number of halogens is 2. The molecule has 0 aliphatic carbocycles. The lowest BCUT2D eigenvalue weighted by Crippen LogP contribution is -2.45. The number of piperazine rings is 2. The molecule has 2 saturated heterocycles. The number of aliphatic carboxylic acids is 1. The maximum atomic E-state index is 13.4. The molecule has 2 heterocycles. The highest BCUT2D eigenvalue weighted by Gasteiger charge is 2.43. The number of benzene rings is 3. The molecule has 0 radical (unpaired) electrons. The highest BCUT2D eigenvalue weighted by molar-refractivity contribution is 9.10. The molecule has 10 heteroatoms. The van der Waals surface area contributed by atoms with Crippen molar-refractivity contribution in [2.24, 2.45) is 5.41 Å². The van der Waals surface area contributed by atoms with E-state index < -0.39 is 17.3 Å². The second-order valence-electron chi connectivity index (χ2n) is 12.9. The lowest BCUT2D eigenvalue weighted by atomic mass is 9.81. The van der Waals surface area contributed by atoms with Crippen molar-refractivity contribution >= 4 is 49.4 Å². The van der Waals surface area contributed by atoms with Crippen molar-refractivity contribution in [3.63, 3.8) is 0 Å². The topological polar surface area (TPSA) is 79.4 Å². The summed E-state index contributed by atoms with van der Waals surface area (Å²) in [7, 11) is 0. The Morgan fingerprint density at radius 2 is 0.957 bits per heavy atom. The summed E-state index contributed by atoms with van der Waals surface area (Å²) in [6.07, 6.45) is 0.485. The molecule has 3 aromatic carbocycles. The summed E-state index contributed by atoms with van der Waals surface area (Å²) in [6, 6.07) is 23.4. The van der Waals surface area contributed by atoms with Crippen LogP contribution >= 0.6 is 31.9 Å². The Morgan fingerprint density at radius 3 is 1.28 bits per heavy atom. The van der Waals surface area contributed by atoms with Crippen LogP contribution in [0.5, 0.6) is 0 Å². The van der Waals surface area contributed by atoms with E-state index >= 15 is 0 Å². The summed E-state index contributed by atoms with van der Waals surface area (Å²) in [5.41, 5.74) is 4.16. The molecule has 3 aromatic rings. The van der Waals surface area contributed by atoms with E-state index in [0.717, 1.165) is 98.6 Å². The van der Waals surface area contributed by atoms with E-state index in [1.807, 2.05) is 12.1 Å². The standard InChI is InChI=1S/C37H47Br2N5O3/c1-3-37(4-2,36(46)47)35(45)40-34-22-30(26-43-17-13-41(14-18-43)24-28-5-9-32(38)10-6-28)21-31(23-34)27-44-19-15-42(16-20-44)25-29-7-11-33(39)12-8-29/h5-12,21-23H,3-4,13-20,24-27H2,1-2H3,(H,40,45)(H,46,47). The molecule has 47 heavy (non-hydrogen) atoms. The summed E-state index contributed by atoms with van der Waals surface area (Å²) in [5.74, 6) is -1.51. The number of nitrogens with one attached hydrogen (secondary N) is 1. The lowest BCUT2D eigenvalue weighted by molar-refractivity contribution is -0.154. The van der Waals surface area contributed by atoms with Gasteiger partial charge in [-0.2, -0.15) is 0 Å². The van der Waals surface area contributed by atoms with Gasteiger partial charge in [-0.15, -0.1) is 0 Å². The fourth-order valence-corrected chi connectivity index (χ4v) is 7.19. The largest absolute Gasteiger partial charge is 0.480 e. The average Bonchev–Trinajstić information content (AvgIpc) is 3.06. The Balaban J connectivity index is 1.24. The van der Waals surface area contributed by atoms with Crippen molar-refractivity contribution in [1.29, 1.82) is 0 Å². The van der Waals surface area contributed by atoms with Crippen LogP contribution in [0.2, 0.25) is 0 Å². The molecule has 8 nitrogen and oxygen atoms in total. The predicted molar refractivity (Wildman–Crippen MR) is 195 cm³/mol. The monoisotopic (exact) mass is 767 g/mol. The Kier molecular flexibility index (Phi) is 12.7. The molecule has 2 aliphatic rings. The van der Waals surface area contributed by atoms with Crippen molar-refractivity contribution in [3.8, 4) is 0 Å². The highest BCUT2D eigenvalue weighted by Crippen LogP contribution is 2.30. The van der Waals surface area contributed by atoms with Gasteiger partial charge in [-0.25, -0.2) is 0 Å². The second-order valence-corrected chi connectivity index (χ2v) is 14.8. The summed E-state index contributed by atoms with van der Waals surface area (Å²) in [5, 5.41) is 13.0. The van der Waals surface area contributed by atoms with Gasteiger partial charge >= 0.3 is 5.97 Å². The number of nitrogens with zero attached hydrogens (tertiary/aromatic N) is 4. The SMILES string of the molecule is CCC(CC)(C(=O)O)C(=O)Nc1cc(CN2CCN(Cc3ccc(Br)cc3)CC2)cc(CN2CCN(Cc3ccc(Br)cc3)CC2)c1. The molecule has 0 bridgehead atoms. The molecule has 5 rings (SSSR count). The summed E-state index contributed by atoms with van der Waals surface area (Å²) < 4.78 is 2.20. The van der Waals surface area contributed by atoms with Crippen molar-refractivity contribution < 1.29 is 14.7 Å². The molecule has 2 N–H and O–H groups in total. The summed E-state index contributed by atoms with van der Waals surface area (Å²) in [4.78, 5) is 35.6. The number of carboxylic acid groups (broad SMARTS) is 1. The first-order valence-electron chi connectivity index (χ1n) is 16.7. The average molecular weight is 770 g/mol. The van der Waals surface area contributed by atoms with Gasteiger partial charge in [0.25, 0.3) is 0 Å². The van der Waals surface area contributed by atoms with Gasteiger partial charge in [0.15, 0.2) is 0 Å². The molecule has 0 aromatic heterocycles. The van der Waals surface area contributed by atoms with Crippen LogP contribution in [0.25, 0.3) is 0 Å². The van der Waals surface area contributed by atoms with E-state index in [9.17, 15) is 14.7 Å². The van der Waals surface area contributed by atoms with E-state index in [2.05, 4.69) is 111 Å². The first-order chi connectivity index (χ1) is 22.6. The third kappa shape index (κ3) is 9.74. The zero-order valence-electron chi connectivity index (χ0n) is 27.6. The Bertz CT molecular complexity index is 1390. The van der Waals surface area contributed by atoms with E-state index in [0.29, 0.717) is 5.69 Å². The summed E-state index contributed by atoms with van der Waals surface area (Å²) in [6.45, 7) is 14.9. The van der Waals surface area contributed by atoms with E-state index in [4.69, 9.17) is 0 Å². The normalized spacial score (nSPS) is 17.1. The van der Waals surface area contributed by atoms with Crippen LogP contribution < -0.4 is 5.32 Å². The smallest absolute Gasteiger partial charge is 0.319 e. The fourth-order valence-electron chi connectivity index (χ4n) is 6.66. The first-order valence-corrected chi connectivity index (χ1v) is 18.3. The van der Waals surface area contributed by atoms with Crippen LogP contribution in [-0.2, 0) is 35.8 Å². The fraction of sp³-hybridized carbons (Fsp3) is 0.459. The van der Waals surface area contributed by atoms with Crippen LogP contribution in [0.4, 0.5) is 5.69 Å². The third-order valence-corrected chi connectivity index (χ3v) is 10.8. The van der Waals surface area contributed by atoms with Crippen LogP contribution in [-0.4, -0.2) is 88.9 Å². The molecule has 0 atom stereocenters. The van der Waals surface area contributed by atoms with Crippen LogP contribution in [0.3, 0.4) is 0 Å². The zero-order valence-corrected chi connectivity index (χ0v) is 30.7. The number of carbonyl (C=O) groups is 2. The Labute approximate surface area is 296 Å². The van der Waals surface area contributed by atoms with Gasteiger partial charge < -0.3 is 10.4 Å². The van der Waals surface area contributed by atoms with Gasteiger partial charge in [0.05, 0.1) is 0 Å². The van der Waals surface area contributed by atoms with Crippen molar-refractivity contribution in [1.82, 2.24) is 19.6 Å². The zero-order chi connectivity index (χ0) is 33.4. The first kappa shape index (κ1) is 35.7. The minimum Gasteiger partial charge on any atom is -0.480 e. The van der Waals surface area contributed by atoms with E-state index in [1.54, 1.807) is 13.8 Å². The number of carbonyl (C=O) groups excluding carboxylic acids is 1. The van der Waals surface area contributed by atoms with Gasteiger partial charge in [0.2, 0.25) is 5.91 Å². The molecular weight excluding hydrogens is 722 g/mol. The van der Waals surface area contributed by atoms with Crippen LogP contribution in [0, 0.1) is 5.41 Å². The molecule has 0 spiro atoms. The molecule has 2 aliphatic heterocycles. The minimum absolute atomic E-state index is 0.242. The Hall–Kier alpha value is -2.60. The molecule has 2 fully saturated rings. The minimum atomic E-state index is -1.44. The number of hydrogen-bond donors (Lipinski definition) is 2. The number of hydrogen-bond acceptors (Lipinski definition) is 6. The van der Waals surface area contributed by atoms with Crippen LogP contribution in [0.15, 0.2) is 75.7 Å². The molecule has 0 saturated carbocycles. The molecule has 252 valence electrons. The number of amides is 1. The van der Waals surface area contributed by atoms with Crippen molar-refractivity contribution in [3.05, 3.63) is 97.9 Å². The summed E-state index contributed by atoms with van der Waals surface area (Å²) >= 11 is 7.05. The van der Waals surface area contributed by atoms with Crippen molar-refractivity contribution in [2.45, 2.75) is 52.9 Å². The number of carboxylic acids is 1. The number of anilines is 1.